The van der Waals surface area contributed by atoms with Crippen molar-refractivity contribution in [3.63, 3.8) is 0 Å². The maximum atomic E-state index is 13.1. The van der Waals surface area contributed by atoms with Crippen molar-refractivity contribution in [2.45, 2.75) is 19.4 Å². The van der Waals surface area contributed by atoms with E-state index in [9.17, 15) is 13.2 Å². The second kappa shape index (κ2) is 7.35. The van der Waals surface area contributed by atoms with Gasteiger partial charge in [0.05, 0.1) is 24.1 Å². The molecule has 3 rings (SSSR count). The third kappa shape index (κ3) is 3.97. The number of aliphatic hydroxyl groups is 1. The summed E-state index contributed by atoms with van der Waals surface area (Å²) in [5.74, 6) is 0.379. The van der Waals surface area contributed by atoms with E-state index in [2.05, 4.69) is 10.3 Å². The molecular formula is C17H13ClF3N3O2. The minimum atomic E-state index is -4.51. The summed E-state index contributed by atoms with van der Waals surface area (Å²) < 4.78 is 46.2. The highest BCUT2D eigenvalue weighted by Crippen LogP contribution is 2.35. The predicted octanol–water partition coefficient (Wildman–Crippen LogP) is 4.01. The number of hydrogen-bond donors (Lipinski definition) is 1. The van der Waals surface area contributed by atoms with Gasteiger partial charge in [-0.1, -0.05) is 22.9 Å². The van der Waals surface area contributed by atoms with Gasteiger partial charge in [-0.15, -0.1) is 5.10 Å². The molecule has 0 saturated carbocycles. The largest absolute Gasteiger partial charge is 0.489 e. The molecule has 0 aliphatic rings. The number of aromatic nitrogens is 3. The van der Waals surface area contributed by atoms with Crippen LogP contribution in [0.4, 0.5) is 13.2 Å². The van der Waals surface area contributed by atoms with Crippen molar-refractivity contribution < 1.29 is 23.0 Å². The highest BCUT2D eigenvalue weighted by atomic mass is 35.5. The van der Waals surface area contributed by atoms with E-state index in [1.807, 2.05) is 0 Å². The molecule has 3 aromatic rings. The average molecular weight is 384 g/mol. The maximum Gasteiger partial charge on any atom is 0.416 e. The Labute approximate surface area is 151 Å². The van der Waals surface area contributed by atoms with Crippen LogP contribution in [0.3, 0.4) is 0 Å². The molecule has 0 amide bonds. The summed E-state index contributed by atoms with van der Waals surface area (Å²) >= 11 is 5.90. The van der Waals surface area contributed by atoms with E-state index in [0.29, 0.717) is 17.1 Å². The van der Waals surface area contributed by atoms with Crippen molar-refractivity contribution in [2.75, 3.05) is 0 Å². The summed E-state index contributed by atoms with van der Waals surface area (Å²) in [5.41, 5.74) is 0.150. The number of nitrogens with zero attached hydrogens (tertiary/aromatic N) is 3. The lowest BCUT2D eigenvalue weighted by molar-refractivity contribution is -0.138. The Kier molecular flexibility index (Phi) is 5.15. The van der Waals surface area contributed by atoms with Gasteiger partial charge in [-0.3, -0.25) is 0 Å². The van der Waals surface area contributed by atoms with Gasteiger partial charge in [0.1, 0.15) is 18.1 Å². The lowest BCUT2D eigenvalue weighted by Crippen LogP contribution is -2.11. The molecule has 5 nitrogen and oxygen atoms in total. The summed E-state index contributed by atoms with van der Waals surface area (Å²) in [6.45, 7) is -0.535. The van der Waals surface area contributed by atoms with Crippen molar-refractivity contribution in [1.29, 1.82) is 0 Å². The van der Waals surface area contributed by atoms with Gasteiger partial charge in [0, 0.05) is 10.6 Å². The molecule has 0 bridgehead atoms. The molecule has 1 aromatic heterocycles. The van der Waals surface area contributed by atoms with Crippen LogP contribution in [0.25, 0.3) is 5.69 Å². The van der Waals surface area contributed by atoms with E-state index in [-0.39, 0.29) is 23.8 Å². The molecule has 0 spiro atoms. The molecule has 0 radical (unpaired) electrons. The summed E-state index contributed by atoms with van der Waals surface area (Å²) in [5, 5.41) is 16.6. The molecule has 0 saturated heterocycles. The van der Waals surface area contributed by atoms with Crippen LogP contribution in [0, 0.1) is 0 Å². The Hall–Kier alpha value is -2.58. The van der Waals surface area contributed by atoms with Crippen LogP contribution in [-0.4, -0.2) is 20.1 Å². The second-order valence-corrected chi connectivity index (χ2v) is 5.77. The Morgan fingerprint density at radius 1 is 1.12 bits per heavy atom. The van der Waals surface area contributed by atoms with Crippen molar-refractivity contribution in [1.82, 2.24) is 15.0 Å². The predicted molar refractivity (Wildman–Crippen MR) is 88.1 cm³/mol. The van der Waals surface area contributed by atoms with E-state index in [1.165, 1.54) is 16.8 Å². The number of aliphatic hydroxyl groups excluding tert-OH is 1. The molecule has 0 fully saturated rings. The van der Waals surface area contributed by atoms with E-state index < -0.39 is 11.7 Å². The third-order valence-corrected chi connectivity index (χ3v) is 3.97. The van der Waals surface area contributed by atoms with Crippen LogP contribution < -0.4 is 4.74 Å². The first-order valence-corrected chi connectivity index (χ1v) is 7.86. The van der Waals surface area contributed by atoms with E-state index in [1.54, 1.807) is 30.5 Å². The van der Waals surface area contributed by atoms with Gasteiger partial charge in [0.25, 0.3) is 0 Å². The minimum absolute atomic E-state index is 0.00408. The fourth-order valence-electron chi connectivity index (χ4n) is 2.32. The van der Waals surface area contributed by atoms with Gasteiger partial charge in [-0.05, 0) is 36.4 Å². The molecule has 136 valence electrons. The highest BCUT2D eigenvalue weighted by Gasteiger charge is 2.34. The minimum Gasteiger partial charge on any atom is -0.489 e. The summed E-state index contributed by atoms with van der Waals surface area (Å²) in [4.78, 5) is 0. The fraction of sp³-hybridized carbons (Fsp3) is 0.176. The first-order valence-electron chi connectivity index (χ1n) is 7.48. The van der Waals surface area contributed by atoms with Crippen molar-refractivity contribution in [2.24, 2.45) is 0 Å². The molecule has 2 aromatic carbocycles. The topological polar surface area (TPSA) is 60.2 Å². The van der Waals surface area contributed by atoms with Crippen molar-refractivity contribution >= 4 is 11.6 Å². The van der Waals surface area contributed by atoms with E-state index in [0.717, 1.165) is 6.07 Å². The van der Waals surface area contributed by atoms with Gasteiger partial charge in [-0.2, -0.15) is 13.2 Å². The standard InChI is InChI=1S/C17H13ClF3N3O2/c18-16-3-1-2-15(17(19,20)21)14(16)10-26-13-6-4-12(5-7-13)24-8-11(9-25)22-23-24/h1-8,25H,9-10H2. The average Bonchev–Trinajstić information content (AvgIpc) is 3.09. The van der Waals surface area contributed by atoms with Crippen molar-refractivity contribution in [3.05, 3.63) is 70.5 Å². The van der Waals surface area contributed by atoms with Crippen molar-refractivity contribution in [3.8, 4) is 11.4 Å². The fourth-order valence-corrected chi connectivity index (χ4v) is 2.55. The first-order chi connectivity index (χ1) is 12.4. The molecule has 1 N–H and O–H groups in total. The van der Waals surface area contributed by atoms with Crippen LogP contribution in [0.5, 0.6) is 5.75 Å². The Morgan fingerprint density at radius 3 is 2.46 bits per heavy atom. The molecule has 26 heavy (non-hydrogen) atoms. The van der Waals surface area contributed by atoms with Crippen LogP contribution in [0.15, 0.2) is 48.7 Å². The van der Waals surface area contributed by atoms with E-state index in [4.69, 9.17) is 21.4 Å². The molecule has 0 aliphatic heterocycles. The molecular weight excluding hydrogens is 371 g/mol. The lowest BCUT2D eigenvalue weighted by atomic mass is 10.1. The molecule has 1 heterocycles. The Balaban J connectivity index is 1.75. The van der Waals surface area contributed by atoms with Gasteiger partial charge < -0.3 is 9.84 Å². The third-order valence-electron chi connectivity index (χ3n) is 3.61. The number of hydrogen-bond acceptors (Lipinski definition) is 4. The monoisotopic (exact) mass is 383 g/mol. The van der Waals surface area contributed by atoms with Crippen LogP contribution in [0.2, 0.25) is 5.02 Å². The van der Waals surface area contributed by atoms with Gasteiger partial charge in [0.2, 0.25) is 0 Å². The smallest absolute Gasteiger partial charge is 0.416 e. The second-order valence-electron chi connectivity index (χ2n) is 5.36. The molecule has 0 atom stereocenters. The van der Waals surface area contributed by atoms with Gasteiger partial charge in [-0.25, -0.2) is 4.68 Å². The van der Waals surface area contributed by atoms with Crippen LogP contribution in [0.1, 0.15) is 16.8 Å². The molecule has 0 aliphatic carbocycles. The number of alkyl halides is 3. The van der Waals surface area contributed by atoms with Gasteiger partial charge >= 0.3 is 6.18 Å². The normalized spacial score (nSPS) is 11.6. The SMILES string of the molecule is OCc1cn(-c2ccc(OCc3c(Cl)cccc3C(F)(F)F)cc2)nn1. The van der Waals surface area contributed by atoms with E-state index >= 15 is 0 Å². The zero-order chi connectivity index (χ0) is 18.7. The molecule has 0 unspecified atom stereocenters. The van der Waals surface area contributed by atoms with Gasteiger partial charge in [0.15, 0.2) is 0 Å². The summed E-state index contributed by atoms with van der Waals surface area (Å²) in [6.07, 6.45) is -2.94. The first kappa shape index (κ1) is 18.2. The number of rotatable bonds is 5. The lowest BCUT2D eigenvalue weighted by Gasteiger charge is -2.15. The number of benzene rings is 2. The number of halogens is 4. The van der Waals surface area contributed by atoms with Crippen LogP contribution >= 0.6 is 11.6 Å². The Bertz CT molecular complexity index is 895. The molecule has 9 heteroatoms. The Morgan fingerprint density at radius 2 is 1.85 bits per heavy atom. The maximum absolute atomic E-state index is 13.1. The zero-order valence-corrected chi connectivity index (χ0v) is 14.0. The highest BCUT2D eigenvalue weighted by molar-refractivity contribution is 6.31. The quantitative estimate of drug-likeness (QED) is 0.723. The number of ether oxygens (including phenoxy) is 1. The zero-order valence-electron chi connectivity index (χ0n) is 13.2. The van der Waals surface area contributed by atoms with Crippen LogP contribution in [-0.2, 0) is 19.4 Å². The summed E-state index contributed by atoms with van der Waals surface area (Å²) in [6, 6.07) is 10.1. The summed E-state index contributed by atoms with van der Waals surface area (Å²) in [7, 11) is 0.